The molecule has 0 aliphatic heterocycles. The smallest absolute Gasteiger partial charge is 0.291 e. The number of nitro groups is 1. The number of rotatable bonds is 4. The Morgan fingerprint density at radius 1 is 1.38 bits per heavy atom. The van der Waals surface area contributed by atoms with Crippen molar-refractivity contribution in [3.05, 3.63) is 26.3 Å². The highest BCUT2D eigenvalue weighted by atomic mass is 79.9. The molecule has 1 fully saturated rings. The molecule has 0 atom stereocenters. The van der Waals surface area contributed by atoms with Crippen LogP contribution >= 0.6 is 15.9 Å². The van der Waals surface area contributed by atoms with E-state index in [-0.39, 0.29) is 11.8 Å². The summed E-state index contributed by atoms with van der Waals surface area (Å²) in [4.78, 5) is 14.7. The van der Waals surface area contributed by atoms with Crippen LogP contribution in [0, 0.1) is 28.9 Å². The van der Waals surface area contributed by atoms with Crippen molar-refractivity contribution in [3.63, 3.8) is 0 Å². The first-order valence-corrected chi connectivity index (χ1v) is 8.16. The van der Waals surface area contributed by atoms with Crippen LogP contribution in [0.2, 0.25) is 0 Å². The Kier molecular flexibility index (Phi) is 5.19. The molecule has 5 nitrogen and oxygen atoms in total. The van der Waals surface area contributed by atoms with Gasteiger partial charge in [-0.05, 0) is 60.4 Å². The van der Waals surface area contributed by atoms with E-state index in [9.17, 15) is 10.1 Å². The number of halogens is 1. The van der Waals surface area contributed by atoms with Gasteiger partial charge in [-0.2, -0.15) is 0 Å². The topological polar surface area (TPSA) is 65.3 Å². The monoisotopic (exact) mass is 356 g/mol. The molecule has 1 aliphatic carbocycles. The maximum absolute atomic E-state index is 10.9. The average Bonchev–Trinajstić information content (AvgIpc) is 2.42. The first-order chi connectivity index (χ1) is 9.88. The van der Waals surface area contributed by atoms with E-state index in [1.807, 2.05) is 0 Å². The van der Waals surface area contributed by atoms with E-state index in [0.29, 0.717) is 16.0 Å². The number of aryl methyl sites for hydroxylation is 1. The molecule has 21 heavy (non-hydrogen) atoms. The molecular formula is C15H21BrN2O3. The first kappa shape index (κ1) is 16.2. The van der Waals surface area contributed by atoms with Gasteiger partial charge in [-0.15, -0.1) is 0 Å². The van der Waals surface area contributed by atoms with Crippen LogP contribution in [0.15, 0.2) is 10.5 Å². The SMILES string of the molecule is Cc1nc(OC2CCC(C(C)C)CC2)c(Br)cc1[N+](=O)[O-]. The second-order valence-electron chi connectivity index (χ2n) is 6.04. The Morgan fingerprint density at radius 2 is 2.00 bits per heavy atom. The van der Waals surface area contributed by atoms with Gasteiger partial charge in [-0.25, -0.2) is 4.98 Å². The molecule has 0 N–H and O–H groups in total. The van der Waals surface area contributed by atoms with Crippen LogP contribution in [0.5, 0.6) is 5.88 Å². The number of hydrogen-bond donors (Lipinski definition) is 0. The molecular weight excluding hydrogens is 336 g/mol. The van der Waals surface area contributed by atoms with Gasteiger partial charge in [0.25, 0.3) is 5.69 Å². The summed E-state index contributed by atoms with van der Waals surface area (Å²) in [6.07, 6.45) is 4.54. The van der Waals surface area contributed by atoms with Crippen molar-refractivity contribution in [2.75, 3.05) is 0 Å². The standard InChI is InChI=1S/C15H21BrN2O3/c1-9(2)11-4-6-12(7-5-11)21-15-13(16)8-14(18(19)20)10(3)17-15/h8-9,11-12H,4-7H2,1-3H3. The van der Waals surface area contributed by atoms with Gasteiger partial charge in [0.15, 0.2) is 0 Å². The summed E-state index contributed by atoms with van der Waals surface area (Å²) in [7, 11) is 0. The number of nitrogens with zero attached hydrogens (tertiary/aromatic N) is 2. The van der Waals surface area contributed by atoms with Gasteiger partial charge in [0.1, 0.15) is 11.8 Å². The van der Waals surface area contributed by atoms with Crippen molar-refractivity contribution in [1.29, 1.82) is 0 Å². The predicted molar refractivity (Wildman–Crippen MR) is 84.5 cm³/mol. The van der Waals surface area contributed by atoms with E-state index >= 15 is 0 Å². The molecule has 1 saturated carbocycles. The zero-order valence-corrected chi connectivity index (χ0v) is 14.2. The molecule has 2 rings (SSSR count). The molecule has 0 aromatic carbocycles. The van der Waals surface area contributed by atoms with Crippen LogP contribution < -0.4 is 4.74 Å². The third kappa shape index (κ3) is 3.93. The molecule has 1 heterocycles. The highest BCUT2D eigenvalue weighted by Crippen LogP contribution is 2.34. The molecule has 1 aliphatic rings. The Labute approximate surface area is 133 Å². The minimum atomic E-state index is -0.426. The van der Waals surface area contributed by atoms with Crippen LogP contribution in [0.3, 0.4) is 0 Å². The minimum absolute atomic E-state index is 0.0118. The van der Waals surface area contributed by atoms with Crippen LogP contribution in [-0.4, -0.2) is 16.0 Å². The zero-order valence-electron chi connectivity index (χ0n) is 12.6. The van der Waals surface area contributed by atoms with Crippen molar-refractivity contribution < 1.29 is 9.66 Å². The molecule has 116 valence electrons. The highest BCUT2D eigenvalue weighted by Gasteiger charge is 2.26. The highest BCUT2D eigenvalue weighted by molar-refractivity contribution is 9.10. The number of ether oxygens (including phenoxy) is 1. The second-order valence-corrected chi connectivity index (χ2v) is 6.89. The van der Waals surface area contributed by atoms with Crippen LogP contribution in [-0.2, 0) is 0 Å². The van der Waals surface area contributed by atoms with E-state index in [1.54, 1.807) is 6.92 Å². The van der Waals surface area contributed by atoms with Crippen LogP contribution in [0.25, 0.3) is 0 Å². The van der Waals surface area contributed by atoms with E-state index in [1.165, 1.54) is 18.9 Å². The fraction of sp³-hybridized carbons (Fsp3) is 0.667. The summed E-state index contributed by atoms with van der Waals surface area (Å²) in [5.74, 6) is 1.96. The second kappa shape index (κ2) is 6.73. The number of hydrogen-bond acceptors (Lipinski definition) is 4. The van der Waals surface area contributed by atoms with E-state index in [0.717, 1.165) is 24.7 Å². The summed E-state index contributed by atoms with van der Waals surface area (Å²) in [6.45, 7) is 6.17. The lowest BCUT2D eigenvalue weighted by Crippen LogP contribution is -2.26. The van der Waals surface area contributed by atoms with E-state index in [2.05, 4.69) is 34.8 Å². The summed E-state index contributed by atoms with van der Waals surface area (Å²) < 4.78 is 6.50. The lowest BCUT2D eigenvalue weighted by atomic mass is 9.80. The molecule has 0 unspecified atom stereocenters. The van der Waals surface area contributed by atoms with Crippen molar-refractivity contribution in [2.45, 2.75) is 52.6 Å². The van der Waals surface area contributed by atoms with Crippen molar-refractivity contribution in [2.24, 2.45) is 11.8 Å². The fourth-order valence-electron chi connectivity index (χ4n) is 2.85. The quantitative estimate of drug-likeness (QED) is 0.581. The molecule has 0 radical (unpaired) electrons. The van der Waals surface area contributed by atoms with Gasteiger partial charge in [-0.1, -0.05) is 13.8 Å². The van der Waals surface area contributed by atoms with Gasteiger partial charge in [0, 0.05) is 6.07 Å². The Bertz CT molecular complexity index is 526. The van der Waals surface area contributed by atoms with Crippen LogP contribution in [0.1, 0.15) is 45.2 Å². The van der Waals surface area contributed by atoms with Gasteiger partial charge in [-0.3, -0.25) is 10.1 Å². The minimum Gasteiger partial charge on any atom is -0.474 e. The van der Waals surface area contributed by atoms with Gasteiger partial charge >= 0.3 is 0 Å². The van der Waals surface area contributed by atoms with Gasteiger partial charge in [0.05, 0.1) is 9.40 Å². The number of pyridine rings is 1. The zero-order chi connectivity index (χ0) is 15.6. The third-order valence-corrected chi connectivity index (χ3v) is 4.81. The third-order valence-electron chi connectivity index (χ3n) is 4.24. The molecule has 0 amide bonds. The molecule has 1 aromatic heterocycles. The summed E-state index contributed by atoms with van der Waals surface area (Å²) >= 11 is 3.32. The lowest BCUT2D eigenvalue weighted by molar-refractivity contribution is -0.385. The average molecular weight is 357 g/mol. The summed E-state index contributed by atoms with van der Waals surface area (Å²) in [5, 5.41) is 10.9. The predicted octanol–water partition coefficient (Wildman–Crippen LogP) is 4.65. The maximum atomic E-state index is 10.9. The van der Waals surface area contributed by atoms with E-state index < -0.39 is 4.92 Å². The Morgan fingerprint density at radius 3 is 2.52 bits per heavy atom. The lowest BCUT2D eigenvalue weighted by Gasteiger charge is -2.31. The Hall–Kier alpha value is -1.17. The summed E-state index contributed by atoms with van der Waals surface area (Å²) in [5.41, 5.74) is 0.395. The normalized spacial score (nSPS) is 22.3. The molecule has 0 bridgehead atoms. The van der Waals surface area contributed by atoms with Gasteiger partial charge < -0.3 is 4.74 Å². The first-order valence-electron chi connectivity index (χ1n) is 7.36. The fourth-order valence-corrected chi connectivity index (χ4v) is 3.25. The molecule has 1 aromatic rings. The van der Waals surface area contributed by atoms with E-state index in [4.69, 9.17) is 4.74 Å². The molecule has 0 saturated heterocycles. The van der Waals surface area contributed by atoms with Gasteiger partial charge in [0.2, 0.25) is 5.88 Å². The number of aromatic nitrogens is 1. The Balaban J connectivity index is 2.04. The molecule has 6 heteroatoms. The largest absolute Gasteiger partial charge is 0.474 e. The van der Waals surface area contributed by atoms with Crippen molar-refractivity contribution in [1.82, 2.24) is 4.98 Å². The van der Waals surface area contributed by atoms with Crippen LogP contribution in [0.4, 0.5) is 5.69 Å². The maximum Gasteiger partial charge on any atom is 0.291 e. The summed E-state index contributed by atoms with van der Waals surface area (Å²) in [6, 6.07) is 1.47. The van der Waals surface area contributed by atoms with Crippen molar-refractivity contribution >= 4 is 21.6 Å². The van der Waals surface area contributed by atoms with Crippen molar-refractivity contribution in [3.8, 4) is 5.88 Å². The molecule has 0 spiro atoms.